The van der Waals surface area contributed by atoms with E-state index in [1.54, 1.807) is 0 Å². The highest BCUT2D eigenvalue weighted by atomic mass is 19.4. The van der Waals surface area contributed by atoms with Gasteiger partial charge in [0.1, 0.15) is 19.0 Å². The molecule has 1 aromatic rings. The van der Waals surface area contributed by atoms with E-state index in [-0.39, 0.29) is 24.7 Å². The first-order chi connectivity index (χ1) is 12.0. The highest BCUT2D eigenvalue weighted by molar-refractivity contribution is 5.92. The Labute approximate surface area is 145 Å². The maximum atomic E-state index is 12.8. The number of ether oxygens (including phenoxy) is 3. The molecule has 1 amide bonds. The molecule has 1 aromatic carbocycles. The van der Waals surface area contributed by atoms with Crippen molar-refractivity contribution in [3.63, 3.8) is 0 Å². The third-order valence-corrected chi connectivity index (χ3v) is 2.87. The molecule has 0 aliphatic heterocycles. The molecule has 0 heterocycles. The number of anilines is 1. The van der Waals surface area contributed by atoms with Crippen LogP contribution in [-0.4, -0.2) is 45.6 Å². The van der Waals surface area contributed by atoms with Crippen molar-refractivity contribution in [2.24, 2.45) is 0 Å². The van der Waals surface area contributed by atoms with E-state index in [0.717, 1.165) is 12.1 Å². The summed E-state index contributed by atoms with van der Waals surface area (Å²) < 4.78 is 88.5. The number of halogens is 6. The minimum absolute atomic E-state index is 0.0272. The molecule has 26 heavy (non-hydrogen) atoms. The lowest BCUT2D eigenvalue weighted by Gasteiger charge is -2.15. The molecule has 5 nitrogen and oxygen atoms in total. The van der Waals surface area contributed by atoms with Gasteiger partial charge in [-0.05, 0) is 18.2 Å². The average Bonchev–Trinajstić information content (AvgIpc) is 2.51. The summed E-state index contributed by atoms with van der Waals surface area (Å²) in [5.41, 5.74) is -1.27. The largest absolute Gasteiger partial charge is 0.489 e. The van der Waals surface area contributed by atoms with Gasteiger partial charge in [0, 0.05) is 7.11 Å². The summed E-state index contributed by atoms with van der Waals surface area (Å²) in [5.74, 6) is -0.845. The van der Waals surface area contributed by atoms with Gasteiger partial charge in [-0.1, -0.05) is 0 Å². The molecule has 1 rings (SSSR count). The van der Waals surface area contributed by atoms with E-state index in [2.05, 4.69) is 10.1 Å². The Morgan fingerprint density at radius 1 is 1.08 bits per heavy atom. The van der Waals surface area contributed by atoms with Crippen molar-refractivity contribution >= 4 is 11.6 Å². The Balaban J connectivity index is 2.74. The van der Waals surface area contributed by atoms with E-state index in [1.165, 1.54) is 7.11 Å². The first-order valence-corrected chi connectivity index (χ1v) is 7.30. The molecule has 0 aromatic heterocycles. The summed E-state index contributed by atoms with van der Waals surface area (Å²) >= 11 is 0. The third-order valence-electron chi connectivity index (χ3n) is 2.87. The molecule has 1 N–H and O–H groups in total. The topological polar surface area (TPSA) is 56.8 Å². The van der Waals surface area contributed by atoms with Crippen LogP contribution in [0.25, 0.3) is 0 Å². The predicted molar refractivity (Wildman–Crippen MR) is 78.9 cm³/mol. The standard InChI is InChI=1S/C15H17F6NO4/c1-24-6-7-26-12-3-2-10(15(19,20)21)8-11(12)22-13(23)4-5-25-9-14(16,17)18/h2-3,8H,4-7,9H2,1H3,(H,22,23). The second kappa shape index (κ2) is 9.62. The van der Waals surface area contributed by atoms with Gasteiger partial charge in [-0.2, -0.15) is 26.3 Å². The Kier molecular flexibility index (Phi) is 8.15. The molecular formula is C15H17F6NO4. The number of amides is 1. The highest BCUT2D eigenvalue weighted by Gasteiger charge is 2.31. The number of hydrogen-bond donors (Lipinski definition) is 1. The summed E-state index contributed by atoms with van der Waals surface area (Å²) in [6.07, 6.45) is -9.63. The molecule has 0 aliphatic rings. The maximum Gasteiger partial charge on any atom is 0.416 e. The zero-order valence-electron chi connectivity index (χ0n) is 13.7. The molecule has 0 atom stereocenters. The van der Waals surface area contributed by atoms with E-state index in [1.807, 2.05) is 0 Å². The van der Waals surface area contributed by atoms with Gasteiger partial charge in [0.05, 0.1) is 30.9 Å². The Morgan fingerprint density at radius 2 is 1.77 bits per heavy atom. The molecule has 0 fully saturated rings. The van der Waals surface area contributed by atoms with E-state index in [0.29, 0.717) is 6.07 Å². The molecule has 0 spiro atoms. The molecule has 148 valence electrons. The van der Waals surface area contributed by atoms with Gasteiger partial charge in [-0.3, -0.25) is 4.79 Å². The van der Waals surface area contributed by atoms with Crippen molar-refractivity contribution in [1.29, 1.82) is 0 Å². The van der Waals surface area contributed by atoms with Crippen molar-refractivity contribution < 1.29 is 45.3 Å². The van der Waals surface area contributed by atoms with Crippen LogP contribution in [0.15, 0.2) is 18.2 Å². The van der Waals surface area contributed by atoms with Crippen LogP contribution in [0.2, 0.25) is 0 Å². The Morgan fingerprint density at radius 3 is 2.35 bits per heavy atom. The van der Waals surface area contributed by atoms with Crippen molar-refractivity contribution in [3.05, 3.63) is 23.8 Å². The number of rotatable bonds is 9. The van der Waals surface area contributed by atoms with Crippen LogP contribution >= 0.6 is 0 Å². The highest BCUT2D eigenvalue weighted by Crippen LogP contribution is 2.35. The zero-order chi connectivity index (χ0) is 19.8. The molecule has 0 saturated heterocycles. The third kappa shape index (κ3) is 8.39. The Bertz CT molecular complexity index is 588. The average molecular weight is 389 g/mol. The molecule has 0 aliphatic carbocycles. The number of alkyl halides is 6. The fourth-order valence-electron chi connectivity index (χ4n) is 1.73. The second-order valence-electron chi connectivity index (χ2n) is 5.02. The van der Waals surface area contributed by atoms with E-state index in [4.69, 9.17) is 9.47 Å². The van der Waals surface area contributed by atoms with Crippen LogP contribution in [0, 0.1) is 0 Å². The first kappa shape index (κ1) is 22.0. The van der Waals surface area contributed by atoms with Gasteiger partial charge in [-0.15, -0.1) is 0 Å². The minimum Gasteiger partial charge on any atom is -0.489 e. The van der Waals surface area contributed by atoms with Crippen molar-refractivity contribution in [1.82, 2.24) is 0 Å². The smallest absolute Gasteiger partial charge is 0.416 e. The minimum atomic E-state index is -4.64. The monoisotopic (exact) mass is 389 g/mol. The van der Waals surface area contributed by atoms with Crippen LogP contribution in [0.4, 0.5) is 32.0 Å². The number of carbonyl (C=O) groups is 1. The molecule has 11 heteroatoms. The van der Waals surface area contributed by atoms with Crippen molar-refractivity contribution in [2.75, 3.05) is 38.9 Å². The molecular weight excluding hydrogens is 372 g/mol. The second-order valence-corrected chi connectivity index (χ2v) is 5.02. The molecule has 0 bridgehead atoms. The van der Waals surface area contributed by atoms with Crippen LogP contribution in [0.5, 0.6) is 5.75 Å². The van der Waals surface area contributed by atoms with E-state index < -0.39 is 43.5 Å². The van der Waals surface area contributed by atoms with Crippen LogP contribution in [-0.2, 0) is 20.4 Å². The zero-order valence-corrected chi connectivity index (χ0v) is 13.7. The fourth-order valence-corrected chi connectivity index (χ4v) is 1.73. The lowest BCUT2D eigenvalue weighted by Crippen LogP contribution is -2.20. The molecule has 0 saturated carbocycles. The lowest BCUT2D eigenvalue weighted by molar-refractivity contribution is -0.174. The van der Waals surface area contributed by atoms with Crippen LogP contribution in [0.3, 0.4) is 0 Å². The normalized spacial score (nSPS) is 12.1. The van der Waals surface area contributed by atoms with Gasteiger partial charge in [0.2, 0.25) is 5.91 Å². The molecule has 0 radical (unpaired) electrons. The first-order valence-electron chi connectivity index (χ1n) is 7.30. The van der Waals surface area contributed by atoms with Crippen LogP contribution in [0.1, 0.15) is 12.0 Å². The van der Waals surface area contributed by atoms with E-state index in [9.17, 15) is 31.1 Å². The van der Waals surface area contributed by atoms with Crippen molar-refractivity contribution in [2.45, 2.75) is 18.8 Å². The summed E-state index contributed by atoms with van der Waals surface area (Å²) in [6.45, 7) is -1.86. The number of methoxy groups -OCH3 is 1. The Hall–Kier alpha value is -2.01. The van der Waals surface area contributed by atoms with Gasteiger partial charge in [0.15, 0.2) is 0 Å². The number of nitrogens with one attached hydrogen (secondary N) is 1. The predicted octanol–water partition coefficient (Wildman–Crippen LogP) is 3.64. The summed E-state index contributed by atoms with van der Waals surface area (Å²) in [6, 6.07) is 2.50. The molecule has 0 unspecified atom stereocenters. The van der Waals surface area contributed by atoms with Crippen molar-refractivity contribution in [3.8, 4) is 5.75 Å². The fraction of sp³-hybridized carbons (Fsp3) is 0.533. The van der Waals surface area contributed by atoms with E-state index >= 15 is 0 Å². The number of carbonyl (C=O) groups excluding carboxylic acids is 1. The van der Waals surface area contributed by atoms with Gasteiger partial charge in [0.25, 0.3) is 0 Å². The number of hydrogen-bond acceptors (Lipinski definition) is 4. The van der Waals surface area contributed by atoms with Crippen LogP contribution < -0.4 is 10.1 Å². The van der Waals surface area contributed by atoms with Gasteiger partial charge >= 0.3 is 12.4 Å². The summed E-state index contributed by atoms with van der Waals surface area (Å²) in [4.78, 5) is 11.7. The summed E-state index contributed by atoms with van der Waals surface area (Å²) in [5, 5.41) is 2.18. The van der Waals surface area contributed by atoms with Gasteiger partial charge in [-0.25, -0.2) is 0 Å². The summed E-state index contributed by atoms with van der Waals surface area (Å²) in [7, 11) is 1.40. The number of benzene rings is 1. The quantitative estimate of drug-likeness (QED) is 0.518. The maximum absolute atomic E-state index is 12.8. The SMILES string of the molecule is COCCOc1ccc(C(F)(F)F)cc1NC(=O)CCOCC(F)(F)F. The van der Waals surface area contributed by atoms with Gasteiger partial charge < -0.3 is 19.5 Å². The lowest BCUT2D eigenvalue weighted by atomic mass is 10.1.